The number of hydrogen-bond donors (Lipinski definition) is 1. The summed E-state index contributed by atoms with van der Waals surface area (Å²) in [7, 11) is -3.81. The molecule has 1 fully saturated rings. The van der Waals surface area contributed by atoms with Crippen molar-refractivity contribution in [1.29, 1.82) is 0 Å². The molecule has 0 saturated heterocycles. The van der Waals surface area contributed by atoms with Crippen LogP contribution in [0, 0.1) is 13.8 Å². The van der Waals surface area contributed by atoms with Crippen molar-refractivity contribution in [2.45, 2.75) is 71.0 Å². The molecule has 0 aromatic heterocycles. The monoisotopic (exact) mass is 653 g/mol. The maximum Gasteiger partial charge on any atom is 0.244 e. The van der Waals surface area contributed by atoms with Crippen LogP contribution in [0.2, 0.25) is 0 Å². The SMILES string of the molecule is Cc1cccc(CN(C(=O)CN(c2ccc(Br)c(C)c2)S(C)(=O)=O)[C@@H](Cc2ccccc2)C(=O)NC2CCCCC2)c1. The summed E-state index contributed by atoms with van der Waals surface area (Å²) in [6, 6.07) is 21.9. The van der Waals surface area contributed by atoms with E-state index < -0.39 is 28.5 Å². The summed E-state index contributed by atoms with van der Waals surface area (Å²) in [5, 5.41) is 3.23. The Morgan fingerprint density at radius 1 is 0.929 bits per heavy atom. The molecule has 42 heavy (non-hydrogen) atoms. The number of nitrogens with zero attached hydrogens (tertiary/aromatic N) is 2. The van der Waals surface area contributed by atoms with E-state index in [1.54, 1.807) is 23.1 Å². The zero-order valence-corrected chi connectivity index (χ0v) is 27.0. The smallest absolute Gasteiger partial charge is 0.244 e. The number of nitrogens with one attached hydrogen (secondary N) is 1. The molecule has 0 spiro atoms. The fourth-order valence-corrected chi connectivity index (χ4v) is 6.59. The Hall–Kier alpha value is -3.17. The molecule has 3 aromatic carbocycles. The molecule has 1 aliphatic carbocycles. The molecule has 224 valence electrons. The third-order valence-electron chi connectivity index (χ3n) is 7.77. The lowest BCUT2D eigenvalue weighted by molar-refractivity contribution is -0.140. The van der Waals surface area contributed by atoms with Crippen LogP contribution in [0.3, 0.4) is 0 Å². The number of sulfonamides is 1. The van der Waals surface area contributed by atoms with Gasteiger partial charge in [-0.25, -0.2) is 8.42 Å². The molecule has 9 heteroatoms. The van der Waals surface area contributed by atoms with Crippen molar-refractivity contribution >= 4 is 43.5 Å². The Morgan fingerprint density at radius 2 is 1.62 bits per heavy atom. The molecule has 4 rings (SSSR count). The minimum Gasteiger partial charge on any atom is -0.352 e. The minimum atomic E-state index is -3.81. The summed E-state index contributed by atoms with van der Waals surface area (Å²) in [6.07, 6.45) is 6.54. The lowest BCUT2D eigenvalue weighted by atomic mass is 9.94. The molecule has 0 heterocycles. The largest absolute Gasteiger partial charge is 0.352 e. The van der Waals surface area contributed by atoms with Crippen LogP contribution in [0.5, 0.6) is 0 Å². The maximum absolute atomic E-state index is 14.3. The highest BCUT2D eigenvalue weighted by molar-refractivity contribution is 9.10. The Balaban J connectivity index is 1.73. The maximum atomic E-state index is 14.3. The number of carbonyl (C=O) groups excluding carboxylic acids is 2. The third-order valence-corrected chi connectivity index (χ3v) is 9.80. The van der Waals surface area contributed by atoms with Crippen molar-refractivity contribution in [2.75, 3.05) is 17.1 Å². The van der Waals surface area contributed by atoms with Crippen LogP contribution < -0.4 is 9.62 Å². The van der Waals surface area contributed by atoms with Gasteiger partial charge in [0.15, 0.2) is 0 Å². The van der Waals surface area contributed by atoms with Crippen LogP contribution >= 0.6 is 15.9 Å². The number of hydrogen-bond acceptors (Lipinski definition) is 4. The quantitative estimate of drug-likeness (QED) is 0.278. The highest BCUT2D eigenvalue weighted by atomic mass is 79.9. The van der Waals surface area contributed by atoms with Crippen molar-refractivity contribution in [2.24, 2.45) is 0 Å². The minimum absolute atomic E-state index is 0.0682. The van der Waals surface area contributed by atoms with Gasteiger partial charge in [0, 0.05) is 23.5 Å². The van der Waals surface area contributed by atoms with Crippen LogP contribution in [-0.4, -0.2) is 50.0 Å². The van der Waals surface area contributed by atoms with Crippen molar-refractivity contribution in [3.8, 4) is 0 Å². The molecule has 0 radical (unpaired) electrons. The average molecular weight is 655 g/mol. The van der Waals surface area contributed by atoms with Crippen molar-refractivity contribution in [3.05, 3.63) is 99.5 Å². The van der Waals surface area contributed by atoms with Gasteiger partial charge >= 0.3 is 0 Å². The zero-order valence-electron chi connectivity index (χ0n) is 24.6. The Bertz CT molecular complexity index is 1490. The van der Waals surface area contributed by atoms with E-state index >= 15 is 0 Å². The summed E-state index contributed by atoms with van der Waals surface area (Å²) in [5.41, 5.74) is 4.07. The molecule has 1 N–H and O–H groups in total. The lowest BCUT2D eigenvalue weighted by Gasteiger charge is -2.35. The number of anilines is 1. The van der Waals surface area contributed by atoms with Crippen molar-refractivity contribution in [3.63, 3.8) is 0 Å². The number of rotatable bonds is 11. The van der Waals surface area contributed by atoms with E-state index in [4.69, 9.17) is 0 Å². The summed E-state index contributed by atoms with van der Waals surface area (Å²) < 4.78 is 28.0. The fraction of sp³-hybridized carbons (Fsp3) is 0.394. The van der Waals surface area contributed by atoms with E-state index in [9.17, 15) is 18.0 Å². The van der Waals surface area contributed by atoms with Crippen molar-refractivity contribution < 1.29 is 18.0 Å². The third kappa shape index (κ3) is 8.67. The molecule has 0 unspecified atom stereocenters. The van der Waals surface area contributed by atoms with Crippen LogP contribution in [0.1, 0.15) is 54.4 Å². The van der Waals surface area contributed by atoms with Gasteiger partial charge in [-0.05, 0) is 61.6 Å². The molecule has 7 nitrogen and oxygen atoms in total. The van der Waals surface area contributed by atoms with Gasteiger partial charge in [0.2, 0.25) is 21.8 Å². The highest BCUT2D eigenvalue weighted by Crippen LogP contribution is 2.26. The fourth-order valence-electron chi connectivity index (χ4n) is 5.50. The second-order valence-corrected chi connectivity index (χ2v) is 14.0. The summed E-state index contributed by atoms with van der Waals surface area (Å²) >= 11 is 3.47. The normalized spacial score (nSPS) is 14.7. The average Bonchev–Trinajstić information content (AvgIpc) is 2.95. The molecule has 2 amide bonds. The first-order valence-corrected chi connectivity index (χ1v) is 17.1. The number of amides is 2. The number of carbonyl (C=O) groups is 2. The standard InChI is InChI=1S/C33H40BrN3O4S/c1-24-11-10-14-27(19-24)22-36(32(38)23-37(42(3,40)41)29-17-18-30(34)25(2)20-29)31(21-26-12-6-4-7-13-26)33(39)35-28-15-8-5-9-16-28/h4,6-7,10-14,17-20,28,31H,5,8-9,15-16,21-23H2,1-3H3,(H,35,39)/t31-/m0/s1. The Kier molecular flexibility index (Phi) is 10.8. The molecule has 1 atom stereocenters. The van der Waals surface area contributed by atoms with Gasteiger partial charge in [-0.3, -0.25) is 13.9 Å². The van der Waals surface area contributed by atoms with Crippen LogP contribution in [0.4, 0.5) is 5.69 Å². The first-order valence-electron chi connectivity index (χ1n) is 14.4. The predicted molar refractivity (Wildman–Crippen MR) is 172 cm³/mol. The van der Waals surface area contributed by atoms with Gasteiger partial charge in [0.25, 0.3) is 0 Å². The van der Waals surface area contributed by atoms with E-state index in [2.05, 4.69) is 21.2 Å². The number of benzene rings is 3. The Labute approximate surface area is 258 Å². The molecular formula is C33H40BrN3O4S. The second kappa shape index (κ2) is 14.3. The van der Waals surface area contributed by atoms with Crippen molar-refractivity contribution in [1.82, 2.24) is 10.2 Å². The van der Waals surface area contributed by atoms with Crippen LogP contribution in [0.25, 0.3) is 0 Å². The van der Waals surface area contributed by atoms with Gasteiger partial charge in [-0.15, -0.1) is 0 Å². The Morgan fingerprint density at radius 3 is 2.26 bits per heavy atom. The van der Waals surface area contributed by atoms with Crippen LogP contribution in [-0.2, 0) is 32.6 Å². The first-order chi connectivity index (χ1) is 20.0. The molecule has 0 aliphatic heterocycles. The topological polar surface area (TPSA) is 86.8 Å². The molecule has 0 bridgehead atoms. The summed E-state index contributed by atoms with van der Waals surface area (Å²) in [6.45, 7) is 3.60. The highest BCUT2D eigenvalue weighted by Gasteiger charge is 2.34. The van der Waals surface area contributed by atoms with Gasteiger partial charge in [-0.2, -0.15) is 0 Å². The molecular weight excluding hydrogens is 614 g/mol. The lowest BCUT2D eigenvalue weighted by Crippen LogP contribution is -2.55. The van der Waals surface area contributed by atoms with Gasteiger partial charge in [0.05, 0.1) is 11.9 Å². The number of halogens is 1. The zero-order chi connectivity index (χ0) is 30.3. The molecule has 3 aromatic rings. The van der Waals surface area contributed by atoms with Gasteiger partial charge < -0.3 is 10.2 Å². The van der Waals surface area contributed by atoms with Crippen LogP contribution in [0.15, 0.2) is 77.3 Å². The summed E-state index contributed by atoms with van der Waals surface area (Å²) in [4.78, 5) is 29.8. The van der Waals surface area contributed by atoms with E-state index in [0.29, 0.717) is 12.1 Å². The first kappa shape index (κ1) is 31.8. The van der Waals surface area contributed by atoms with Gasteiger partial charge in [0.1, 0.15) is 12.6 Å². The van der Waals surface area contributed by atoms with E-state index in [1.807, 2.05) is 68.4 Å². The molecule has 1 saturated carbocycles. The van der Waals surface area contributed by atoms with E-state index in [0.717, 1.165) is 69.4 Å². The second-order valence-electron chi connectivity index (χ2n) is 11.3. The number of aryl methyl sites for hydroxylation is 2. The predicted octanol–water partition coefficient (Wildman–Crippen LogP) is 5.92. The molecule has 1 aliphatic rings. The summed E-state index contributed by atoms with van der Waals surface area (Å²) in [5.74, 6) is -0.653. The van der Waals surface area contributed by atoms with Gasteiger partial charge in [-0.1, -0.05) is 95.4 Å². The van der Waals surface area contributed by atoms with E-state index in [1.165, 1.54) is 0 Å². The van der Waals surface area contributed by atoms with E-state index in [-0.39, 0.29) is 18.5 Å².